The Morgan fingerprint density at radius 2 is 2.21 bits per heavy atom. The lowest BCUT2D eigenvalue weighted by Crippen LogP contribution is -2.51. The average molecular weight is 447 g/mol. The summed E-state index contributed by atoms with van der Waals surface area (Å²) in [6.45, 7) is 5.40. The second-order valence-electron chi connectivity index (χ2n) is 8.78. The highest BCUT2D eigenvalue weighted by Crippen LogP contribution is 2.54. The molecule has 6 nitrogen and oxygen atoms in total. The number of fused-ring (bicyclic) bond motifs is 2. The van der Waals surface area contributed by atoms with Gasteiger partial charge in [0.25, 0.3) is 5.92 Å². The van der Waals surface area contributed by atoms with Gasteiger partial charge >= 0.3 is 0 Å². The van der Waals surface area contributed by atoms with Crippen molar-refractivity contribution in [3.8, 4) is 0 Å². The minimum atomic E-state index is -3.03. The number of aromatic nitrogens is 3. The summed E-state index contributed by atoms with van der Waals surface area (Å²) in [7, 11) is 0. The van der Waals surface area contributed by atoms with Crippen LogP contribution in [0.2, 0.25) is 4.34 Å². The summed E-state index contributed by atoms with van der Waals surface area (Å²) >= 11 is 7.29. The first-order valence-electron chi connectivity index (χ1n) is 9.68. The molecule has 2 aromatic heterocycles. The SMILES string of the molecule is C[C@H]1C[C@@]2(C[C@@H](c3cn(CCC(C)(C)O)nn3)N1)OCC(F)(F)c1cc(Cl)sc12. The second kappa shape index (κ2) is 7.23. The van der Waals surface area contributed by atoms with Gasteiger partial charge in [0, 0.05) is 29.4 Å². The number of alkyl halides is 2. The van der Waals surface area contributed by atoms with Crippen LogP contribution in [0.25, 0.3) is 0 Å². The Morgan fingerprint density at radius 1 is 1.45 bits per heavy atom. The molecule has 2 aromatic rings. The number of hydrogen-bond donors (Lipinski definition) is 2. The lowest BCUT2D eigenvalue weighted by Gasteiger charge is -2.47. The molecule has 0 saturated carbocycles. The van der Waals surface area contributed by atoms with E-state index in [1.165, 1.54) is 17.4 Å². The maximum Gasteiger partial charge on any atom is 0.297 e. The van der Waals surface area contributed by atoms with Crippen molar-refractivity contribution >= 4 is 22.9 Å². The van der Waals surface area contributed by atoms with E-state index >= 15 is 0 Å². The second-order valence-corrected chi connectivity index (χ2v) is 10.5. The number of ether oxygens (including phenoxy) is 1. The molecule has 2 aliphatic heterocycles. The average Bonchev–Trinajstić information content (AvgIpc) is 3.24. The van der Waals surface area contributed by atoms with Crippen LogP contribution in [0.4, 0.5) is 8.78 Å². The summed E-state index contributed by atoms with van der Waals surface area (Å²) in [6.07, 6.45) is 3.44. The number of hydrogen-bond acceptors (Lipinski definition) is 6. The fourth-order valence-electron chi connectivity index (χ4n) is 4.18. The van der Waals surface area contributed by atoms with E-state index in [0.29, 0.717) is 35.0 Å². The molecule has 0 radical (unpaired) electrons. The molecule has 160 valence electrons. The van der Waals surface area contributed by atoms with Crippen LogP contribution >= 0.6 is 22.9 Å². The number of thiophene rings is 1. The van der Waals surface area contributed by atoms with Crippen LogP contribution in [-0.2, 0) is 22.8 Å². The van der Waals surface area contributed by atoms with E-state index in [4.69, 9.17) is 16.3 Å². The van der Waals surface area contributed by atoms with Crippen molar-refractivity contribution in [2.45, 2.75) is 75.8 Å². The summed E-state index contributed by atoms with van der Waals surface area (Å²) in [5, 5.41) is 21.8. The molecule has 2 aliphatic rings. The predicted molar refractivity (Wildman–Crippen MR) is 106 cm³/mol. The molecule has 0 aliphatic carbocycles. The van der Waals surface area contributed by atoms with Gasteiger partial charge in [0.15, 0.2) is 0 Å². The molecule has 10 heteroatoms. The Kier molecular flexibility index (Phi) is 5.26. The number of aryl methyl sites for hydroxylation is 1. The van der Waals surface area contributed by atoms with Gasteiger partial charge in [-0.15, -0.1) is 16.4 Å². The molecule has 1 spiro atoms. The van der Waals surface area contributed by atoms with Crippen molar-refractivity contribution in [2.24, 2.45) is 0 Å². The van der Waals surface area contributed by atoms with E-state index in [1.807, 2.05) is 13.1 Å². The highest BCUT2D eigenvalue weighted by Gasteiger charge is 2.53. The van der Waals surface area contributed by atoms with E-state index < -0.39 is 23.7 Å². The molecule has 1 saturated heterocycles. The molecule has 0 bridgehead atoms. The van der Waals surface area contributed by atoms with E-state index in [-0.39, 0.29) is 17.6 Å². The molecule has 29 heavy (non-hydrogen) atoms. The van der Waals surface area contributed by atoms with Gasteiger partial charge in [0.1, 0.15) is 12.2 Å². The van der Waals surface area contributed by atoms with Gasteiger partial charge in [-0.05, 0) is 39.7 Å². The van der Waals surface area contributed by atoms with Crippen molar-refractivity contribution < 1.29 is 18.6 Å². The number of piperidine rings is 1. The zero-order valence-electron chi connectivity index (χ0n) is 16.6. The number of rotatable bonds is 4. The standard InChI is InChI=1S/C19H25ClF2N4O2S/c1-11-7-18(16-12(6-15(20)29-16)19(21,22)10-28-18)8-13(23-11)14-9-26(25-24-14)5-4-17(2,3)27/h6,9,11,13,23,27H,4-5,7-8,10H2,1-3H3/t11-,13-,18-/m0/s1. The normalized spacial score (nSPS) is 29.2. The fourth-order valence-corrected chi connectivity index (χ4v) is 5.62. The minimum absolute atomic E-state index is 0.0135. The number of nitrogens with zero attached hydrogens (tertiary/aromatic N) is 3. The molecule has 4 rings (SSSR count). The first-order valence-corrected chi connectivity index (χ1v) is 10.9. The Bertz CT molecular complexity index is 897. The monoisotopic (exact) mass is 446 g/mol. The van der Waals surface area contributed by atoms with Gasteiger partial charge < -0.3 is 15.2 Å². The van der Waals surface area contributed by atoms with Crippen LogP contribution in [0, 0.1) is 0 Å². The third kappa shape index (κ3) is 4.20. The molecule has 0 unspecified atom stereocenters. The fraction of sp³-hybridized carbons (Fsp3) is 0.684. The van der Waals surface area contributed by atoms with Crippen LogP contribution in [0.1, 0.15) is 62.2 Å². The lowest BCUT2D eigenvalue weighted by atomic mass is 9.78. The van der Waals surface area contributed by atoms with E-state index in [2.05, 4.69) is 15.6 Å². The van der Waals surface area contributed by atoms with Gasteiger partial charge in [-0.3, -0.25) is 4.68 Å². The molecule has 3 atom stereocenters. The molecule has 0 aromatic carbocycles. The Balaban J connectivity index is 1.60. The molecular weight excluding hydrogens is 422 g/mol. The lowest BCUT2D eigenvalue weighted by molar-refractivity contribution is -0.183. The Hall–Kier alpha value is -1.13. The van der Waals surface area contributed by atoms with Gasteiger partial charge in [-0.25, -0.2) is 0 Å². The van der Waals surface area contributed by atoms with Gasteiger partial charge in [-0.1, -0.05) is 16.8 Å². The van der Waals surface area contributed by atoms with Gasteiger partial charge in [0.05, 0.1) is 27.9 Å². The summed E-state index contributed by atoms with van der Waals surface area (Å²) in [5.74, 6) is -3.03. The maximum absolute atomic E-state index is 14.4. The number of halogens is 3. The molecule has 2 N–H and O–H groups in total. The summed E-state index contributed by atoms with van der Waals surface area (Å²) in [5.41, 5.74) is -0.887. The van der Waals surface area contributed by atoms with Gasteiger partial charge in [0.2, 0.25) is 0 Å². The van der Waals surface area contributed by atoms with Crippen molar-refractivity contribution in [2.75, 3.05) is 6.61 Å². The van der Waals surface area contributed by atoms with Crippen molar-refractivity contribution in [1.82, 2.24) is 20.3 Å². The van der Waals surface area contributed by atoms with Crippen LogP contribution in [-0.4, -0.2) is 38.4 Å². The smallest absolute Gasteiger partial charge is 0.297 e. The Morgan fingerprint density at radius 3 is 2.93 bits per heavy atom. The topological polar surface area (TPSA) is 72.2 Å². The van der Waals surface area contributed by atoms with Crippen LogP contribution in [0.15, 0.2) is 12.3 Å². The van der Waals surface area contributed by atoms with Crippen LogP contribution in [0.5, 0.6) is 0 Å². The van der Waals surface area contributed by atoms with Crippen molar-refractivity contribution in [3.63, 3.8) is 0 Å². The zero-order valence-corrected chi connectivity index (χ0v) is 18.2. The van der Waals surface area contributed by atoms with E-state index in [0.717, 1.165) is 5.69 Å². The number of nitrogens with one attached hydrogen (secondary N) is 1. The first-order chi connectivity index (χ1) is 13.5. The maximum atomic E-state index is 14.4. The molecule has 0 amide bonds. The van der Waals surface area contributed by atoms with Crippen LogP contribution in [0.3, 0.4) is 0 Å². The van der Waals surface area contributed by atoms with Crippen LogP contribution < -0.4 is 5.32 Å². The van der Waals surface area contributed by atoms with E-state index in [9.17, 15) is 13.9 Å². The molecule has 4 heterocycles. The number of aliphatic hydroxyl groups is 1. The van der Waals surface area contributed by atoms with Gasteiger partial charge in [-0.2, -0.15) is 8.78 Å². The third-order valence-electron chi connectivity index (χ3n) is 5.56. The van der Waals surface area contributed by atoms with Crippen molar-refractivity contribution in [3.05, 3.63) is 32.7 Å². The minimum Gasteiger partial charge on any atom is -0.390 e. The summed E-state index contributed by atoms with van der Waals surface area (Å²) in [6, 6.07) is 1.23. The third-order valence-corrected chi connectivity index (χ3v) is 7.01. The zero-order chi connectivity index (χ0) is 21.0. The predicted octanol–water partition coefficient (Wildman–Crippen LogP) is 3.98. The highest BCUT2D eigenvalue weighted by molar-refractivity contribution is 7.16. The van der Waals surface area contributed by atoms with E-state index in [1.54, 1.807) is 18.5 Å². The summed E-state index contributed by atoms with van der Waals surface area (Å²) in [4.78, 5) is 0.520. The molecule has 1 fully saturated rings. The molecular formula is C19H25ClF2N4O2S. The quantitative estimate of drug-likeness (QED) is 0.743. The van der Waals surface area contributed by atoms with Crippen molar-refractivity contribution in [1.29, 1.82) is 0 Å². The Labute approximate surface area is 177 Å². The first kappa shape index (κ1) is 21.1. The summed E-state index contributed by atoms with van der Waals surface area (Å²) < 4.78 is 36.7. The highest BCUT2D eigenvalue weighted by atomic mass is 35.5. The largest absolute Gasteiger partial charge is 0.390 e.